The highest BCUT2D eigenvalue weighted by Crippen LogP contribution is 2.26. The summed E-state index contributed by atoms with van der Waals surface area (Å²) in [6.45, 7) is 8.75. The predicted molar refractivity (Wildman–Crippen MR) is 108 cm³/mol. The van der Waals surface area contributed by atoms with Crippen molar-refractivity contribution in [3.8, 4) is 5.75 Å². The van der Waals surface area contributed by atoms with Crippen molar-refractivity contribution in [1.29, 1.82) is 0 Å². The topological polar surface area (TPSA) is 74.0 Å². The Kier molecular flexibility index (Phi) is 6.04. The van der Waals surface area contributed by atoms with E-state index in [0.717, 1.165) is 28.4 Å². The van der Waals surface area contributed by atoms with Crippen LogP contribution in [0.2, 0.25) is 5.02 Å². The van der Waals surface area contributed by atoms with Crippen LogP contribution in [0.25, 0.3) is 0 Å². The lowest BCUT2D eigenvalue weighted by atomic mass is 10.1. The van der Waals surface area contributed by atoms with Crippen LogP contribution in [-0.4, -0.2) is 25.5 Å². The number of hydrogen-bond donors (Lipinski definition) is 1. The van der Waals surface area contributed by atoms with Crippen LogP contribution < -0.4 is 10.1 Å². The fraction of sp³-hybridized carbons (Fsp3) is 0.350. The molecule has 2 heterocycles. The van der Waals surface area contributed by atoms with Crippen LogP contribution in [0, 0.1) is 13.8 Å². The van der Waals surface area contributed by atoms with E-state index in [2.05, 4.69) is 15.5 Å². The predicted octanol–water partition coefficient (Wildman–Crippen LogP) is 3.90. The summed E-state index contributed by atoms with van der Waals surface area (Å²) in [5.74, 6) is 0.468. The van der Waals surface area contributed by atoms with Gasteiger partial charge in [-0.15, -0.1) is 0 Å². The maximum Gasteiger partial charge on any atom is 0.272 e. The van der Waals surface area contributed by atoms with E-state index < -0.39 is 0 Å². The molecule has 3 rings (SSSR count). The van der Waals surface area contributed by atoms with Crippen LogP contribution in [0.4, 0.5) is 0 Å². The van der Waals surface area contributed by atoms with Gasteiger partial charge in [0.15, 0.2) is 6.73 Å². The second kappa shape index (κ2) is 8.48. The second-order valence-corrected chi connectivity index (χ2v) is 7.03. The number of aryl methyl sites for hydroxylation is 3. The Bertz CT molecular complexity index is 956. The van der Waals surface area contributed by atoms with Crippen LogP contribution in [-0.2, 0) is 13.3 Å². The van der Waals surface area contributed by atoms with Gasteiger partial charge in [-0.3, -0.25) is 9.48 Å². The van der Waals surface area contributed by atoms with E-state index in [-0.39, 0.29) is 18.7 Å². The molecule has 3 aromatic rings. The lowest BCUT2D eigenvalue weighted by Gasteiger charge is -2.14. The summed E-state index contributed by atoms with van der Waals surface area (Å²) in [7, 11) is 0. The van der Waals surface area contributed by atoms with Gasteiger partial charge < -0.3 is 10.1 Å². The van der Waals surface area contributed by atoms with Crippen molar-refractivity contribution >= 4 is 17.5 Å². The molecule has 0 bridgehead atoms. The van der Waals surface area contributed by atoms with E-state index in [1.807, 2.05) is 50.6 Å². The summed E-state index contributed by atoms with van der Waals surface area (Å²) >= 11 is 6.18. The summed E-state index contributed by atoms with van der Waals surface area (Å²) < 4.78 is 9.20. The molecule has 0 saturated heterocycles. The van der Waals surface area contributed by atoms with Crippen molar-refractivity contribution in [2.75, 3.05) is 0 Å². The summed E-state index contributed by atoms with van der Waals surface area (Å²) in [5.41, 5.74) is 3.20. The van der Waals surface area contributed by atoms with E-state index >= 15 is 0 Å². The SMILES string of the molecule is CCn1nccc1C(C)NC(=O)c1ccn(COc2cc(C)c(Cl)c(C)c2)n1. The van der Waals surface area contributed by atoms with Gasteiger partial charge in [0.2, 0.25) is 0 Å². The van der Waals surface area contributed by atoms with Crippen LogP contribution in [0.15, 0.2) is 36.7 Å². The number of benzene rings is 1. The van der Waals surface area contributed by atoms with Crippen molar-refractivity contribution < 1.29 is 9.53 Å². The van der Waals surface area contributed by atoms with Crippen LogP contribution in [0.3, 0.4) is 0 Å². The smallest absolute Gasteiger partial charge is 0.272 e. The van der Waals surface area contributed by atoms with E-state index in [1.165, 1.54) is 0 Å². The summed E-state index contributed by atoms with van der Waals surface area (Å²) in [5, 5.41) is 12.2. The number of ether oxygens (including phenoxy) is 1. The van der Waals surface area contributed by atoms with E-state index in [9.17, 15) is 4.79 Å². The number of nitrogens with one attached hydrogen (secondary N) is 1. The number of hydrogen-bond acceptors (Lipinski definition) is 4. The number of carbonyl (C=O) groups excluding carboxylic acids is 1. The number of rotatable bonds is 7. The highest BCUT2D eigenvalue weighted by molar-refractivity contribution is 6.32. The number of amides is 1. The number of halogens is 1. The molecular formula is C20H24ClN5O2. The summed E-state index contributed by atoms with van der Waals surface area (Å²) in [6, 6.07) is 7.16. The van der Waals surface area contributed by atoms with Gasteiger partial charge in [0.25, 0.3) is 5.91 Å². The van der Waals surface area contributed by atoms with Gasteiger partial charge in [0, 0.05) is 24.0 Å². The molecule has 0 spiro atoms. The van der Waals surface area contributed by atoms with Gasteiger partial charge in [-0.2, -0.15) is 10.2 Å². The molecule has 0 aliphatic carbocycles. The standard InChI is InChI=1S/C20H24ClN5O2/c1-5-26-18(6-8-22-26)15(4)23-20(27)17-7-9-25(24-17)12-28-16-10-13(2)19(21)14(3)11-16/h6-11,15H,5,12H2,1-4H3,(H,23,27). The number of carbonyl (C=O) groups is 1. The van der Waals surface area contributed by atoms with E-state index in [0.29, 0.717) is 11.4 Å². The highest BCUT2D eigenvalue weighted by atomic mass is 35.5. The Morgan fingerprint density at radius 2 is 2.00 bits per heavy atom. The Balaban J connectivity index is 1.61. The number of aromatic nitrogens is 4. The minimum Gasteiger partial charge on any atom is -0.471 e. The molecule has 0 aliphatic heterocycles. The van der Waals surface area contributed by atoms with E-state index in [4.69, 9.17) is 16.3 Å². The zero-order valence-electron chi connectivity index (χ0n) is 16.4. The zero-order valence-corrected chi connectivity index (χ0v) is 17.2. The van der Waals surface area contributed by atoms with Gasteiger partial charge in [0.05, 0.1) is 11.7 Å². The quantitative estimate of drug-likeness (QED) is 0.651. The zero-order chi connectivity index (χ0) is 20.3. The Morgan fingerprint density at radius 1 is 1.29 bits per heavy atom. The molecular weight excluding hydrogens is 378 g/mol. The largest absolute Gasteiger partial charge is 0.471 e. The van der Waals surface area contributed by atoms with Gasteiger partial charge in [0.1, 0.15) is 11.4 Å². The van der Waals surface area contributed by atoms with Gasteiger partial charge in [-0.05, 0) is 63.1 Å². The maximum absolute atomic E-state index is 12.5. The first-order valence-electron chi connectivity index (χ1n) is 9.14. The van der Waals surface area contributed by atoms with Crippen LogP contribution in [0.5, 0.6) is 5.75 Å². The van der Waals surface area contributed by atoms with Gasteiger partial charge >= 0.3 is 0 Å². The molecule has 7 nitrogen and oxygen atoms in total. The highest BCUT2D eigenvalue weighted by Gasteiger charge is 2.16. The third-order valence-corrected chi connectivity index (χ3v) is 5.08. The van der Waals surface area contributed by atoms with Crippen LogP contribution >= 0.6 is 11.6 Å². The molecule has 0 fully saturated rings. The molecule has 1 atom stereocenters. The fourth-order valence-electron chi connectivity index (χ4n) is 3.00. The lowest BCUT2D eigenvalue weighted by Crippen LogP contribution is -2.28. The van der Waals surface area contributed by atoms with Crippen molar-refractivity contribution in [1.82, 2.24) is 24.9 Å². The average Bonchev–Trinajstić information content (AvgIpc) is 3.33. The summed E-state index contributed by atoms with van der Waals surface area (Å²) in [6.07, 6.45) is 3.44. The Labute approximate surface area is 169 Å². The molecule has 0 saturated carbocycles. The molecule has 2 aromatic heterocycles. The molecule has 0 aliphatic rings. The lowest BCUT2D eigenvalue weighted by molar-refractivity contribution is 0.0931. The molecule has 0 radical (unpaired) electrons. The number of nitrogens with zero attached hydrogens (tertiary/aromatic N) is 4. The summed E-state index contributed by atoms with van der Waals surface area (Å²) in [4.78, 5) is 12.5. The van der Waals surface area contributed by atoms with Crippen molar-refractivity contribution in [3.05, 3.63) is 64.2 Å². The average molecular weight is 402 g/mol. The van der Waals surface area contributed by atoms with Crippen molar-refractivity contribution in [2.45, 2.75) is 47.0 Å². The molecule has 8 heteroatoms. The van der Waals surface area contributed by atoms with Crippen LogP contribution in [0.1, 0.15) is 47.2 Å². The van der Waals surface area contributed by atoms with E-state index in [1.54, 1.807) is 23.1 Å². The van der Waals surface area contributed by atoms with Gasteiger partial charge in [-0.1, -0.05) is 11.6 Å². The molecule has 148 valence electrons. The normalized spacial score (nSPS) is 12.0. The van der Waals surface area contributed by atoms with Crippen molar-refractivity contribution in [2.24, 2.45) is 0 Å². The molecule has 28 heavy (non-hydrogen) atoms. The first-order chi connectivity index (χ1) is 13.4. The third kappa shape index (κ3) is 4.36. The van der Waals surface area contributed by atoms with Crippen molar-refractivity contribution in [3.63, 3.8) is 0 Å². The minimum atomic E-state index is -0.242. The maximum atomic E-state index is 12.5. The van der Waals surface area contributed by atoms with Gasteiger partial charge in [-0.25, -0.2) is 4.68 Å². The second-order valence-electron chi connectivity index (χ2n) is 6.65. The molecule has 1 aromatic carbocycles. The monoisotopic (exact) mass is 401 g/mol. The minimum absolute atomic E-state index is 0.170. The molecule has 1 N–H and O–H groups in total. The molecule has 1 unspecified atom stereocenters. The first kappa shape index (κ1) is 19.9. The first-order valence-corrected chi connectivity index (χ1v) is 9.52. The molecule has 1 amide bonds. The third-order valence-electron chi connectivity index (χ3n) is 4.49. The Morgan fingerprint density at radius 3 is 2.68 bits per heavy atom. The Hall–Kier alpha value is -2.80. The fourth-order valence-corrected chi connectivity index (χ4v) is 3.11.